The van der Waals surface area contributed by atoms with Gasteiger partial charge < -0.3 is 4.74 Å². The lowest BCUT2D eigenvalue weighted by molar-refractivity contribution is 0.168. The number of hydrogen-bond acceptors (Lipinski definition) is 2. The standard InChI is InChI=1S/C13H23NO/c1-11(2)5-7-14(13-3-4-13)9-12-6-8-15-10-12/h5,12-13H,3-4,6-10H2,1-2H3/t12-/m1/s1. The first-order valence-corrected chi connectivity index (χ1v) is 6.21. The minimum Gasteiger partial charge on any atom is -0.381 e. The summed E-state index contributed by atoms with van der Waals surface area (Å²) in [6, 6.07) is 0.876. The van der Waals surface area contributed by atoms with Crippen LogP contribution >= 0.6 is 0 Å². The lowest BCUT2D eigenvalue weighted by Crippen LogP contribution is -2.32. The summed E-state index contributed by atoms with van der Waals surface area (Å²) in [7, 11) is 0. The molecule has 1 aliphatic carbocycles. The monoisotopic (exact) mass is 209 g/mol. The van der Waals surface area contributed by atoms with Gasteiger partial charge in [-0.3, -0.25) is 4.90 Å². The summed E-state index contributed by atoms with van der Waals surface area (Å²) in [5.74, 6) is 0.788. The molecule has 1 saturated carbocycles. The predicted molar refractivity (Wildman–Crippen MR) is 63.0 cm³/mol. The maximum absolute atomic E-state index is 5.44. The minimum absolute atomic E-state index is 0.788. The molecule has 0 bridgehead atoms. The van der Waals surface area contributed by atoms with Gasteiger partial charge >= 0.3 is 0 Å². The van der Waals surface area contributed by atoms with E-state index in [1.165, 1.54) is 31.4 Å². The Kier molecular flexibility index (Phi) is 3.81. The molecule has 2 heteroatoms. The van der Waals surface area contributed by atoms with Crippen LogP contribution in [0.25, 0.3) is 0 Å². The van der Waals surface area contributed by atoms with E-state index in [-0.39, 0.29) is 0 Å². The lowest BCUT2D eigenvalue weighted by Gasteiger charge is -2.23. The average Bonchev–Trinajstić information content (AvgIpc) is 2.91. The van der Waals surface area contributed by atoms with E-state index in [1.54, 1.807) is 0 Å². The molecule has 2 fully saturated rings. The van der Waals surface area contributed by atoms with Crippen molar-refractivity contribution >= 4 is 0 Å². The Morgan fingerprint density at radius 2 is 2.13 bits per heavy atom. The van der Waals surface area contributed by atoms with Gasteiger partial charge in [-0.05, 0) is 39.0 Å². The molecule has 1 atom stereocenters. The molecule has 86 valence electrons. The maximum Gasteiger partial charge on any atom is 0.0507 e. The van der Waals surface area contributed by atoms with Gasteiger partial charge in [0.2, 0.25) is 0 Å². The van der Waals surface area contributed by atoms with Crippen molar-refractivity contribution in [1.29, 1.82) is 0 Å². The van der Waals surface area contributed by atoms with Crippen molar-refractivity contribution in [2.24, 2.45) is 5.92 Å². The Labute approximate surface area is 93.3 Å². The molecule has 1 aliphatic heterocycles. The Hall–Kier alpha value is -0.340. The molecule has 0 aromatic carbocycles. The Balaban J connectivity index is 1.80. The van der Waals surface area contributed by atoms with Crippen LogP contribution in [0.3, 0.4) is 0 Å². The highest BCUT2D eigenvalue weighted by molar-refractivity contribution is 4.98. The fourth-order valence-corrected chi connectivity index (χ4v) is 2.17. The zero-order valence-corrected chi connectivity index (χ0v) is 10.0. The highest BCUT2D eigenvalue weighted by atomic mass is 16.5. The summed E-state index contributed by atoms with van der Waals surface area (Å²) < 4.78 is 5.44. The SMILES string of the molecule is CC(C)=CCN(C[C@H]1CCOC1)C1CC1. The van der Waals surface area contributed by atoms with Gasteiger partial charge in [-0.15, -0.1) is 0 Å². The second-order valence-corrected chi connectivity index (χ2v) is 5.20. The van der Waals surface area contributed by atoms with E-state index < -0.39 is 0 Å². The predicted octanol–water partition coefficient (Wildman–Crippen LogP) is 2.45. The van der Waals surface area contributed by atoms with E-state index in [9.17, 15) is 0 Å². The molecule has 1 saturated heterocycles. The third-order valence-electron chi connectivity index (χ3n) is 3.31. The van der Waals surface area contributed by atoms with Crippen LogP contribution in [0.15, 0.2) is 11.6 Å². The topological polar surface area (TPSA) is 12.5 Å². The fraction of sp³-hybridized carbons (Fsp3) is 0.846. The molecular formula is C13H23NO. The van der Waals surface area contributed by atoms with Gasteiger partial charge in [0, 0.05) is 25.7 Å². The van der Waals surface area contributed by atoms with Gasteiger partial charge in [0.25, 0.3) is 0 Å². The average molecular weight is 209 g/mol. The van der Waals surface area contributed by atoms with Crippen LogP contribution in [0.1, 0.15) is 33.1 Å². The smallest absolute Gasteiger partial charge is 0.0507 e. The van der Waals surface area contributed by atoms with Crippen molar-refractivity contribution in [1.82, 2.24) is 4.90 Å². The largest absolute Gasteiger partial charge is 0.381 e. The van der Waals surface area contributed by atoms with Gasteiger partial charge in [-0.25, -0.2) is 0 Å². The van der Waals surface area contributed by atoms with Gasteiger partial charge in [-0.2, -0.15) is 0 Å². The third-order valence-corrected chi connectivity index (χ3v) is 3.31. The van der Waals surface area contributed by atoms with Gasteiger partial charge in [0.15, 0.2) is 0 Å². The maximum atomic E-state index is 5.44. The Bertz CT molecular complexity index is 223. The normalized spacial score (nSPS) is 25.9. The lowest BCUT2D eigenvalue weighted by atomic mass is 10.1. The van der Waals surface area contributed by atoms with Crippen LogP contribution in [0.4, 0.5) is 0 Å². The molecule has 1 heterocycles. The van der Waals surface area contributed by atoms with Crippen molar-refractivity contribution in [3.05, 3.63) is 11.6 Å². The molecule has 0 radical (unpaired) electrons. The van der Waals surface area contributed by atoms with E-state index in [2.05, 4.69) is 24.8 Å². The van der Waals surface area contributed by atoms with Crippen molar-refractivity contribution < 1.29 is 4.74 Å². The van der Waals surface area contributed by atoms with Crippen LogP contribution in [0, 0.1) is 5.92 Å². The summed E-state index contributed by atoms with van der Waals surface area (Å²) in [6.45, 7) is 8.72. The molecule has 2 nitrogen and oxygen atoms in total. The van der Waals surface area contributed by atoms with Crippen molar-refractivity contribution in [3.63, 3.8) is 0 Å². The van der Waals surface area contributed by atoms with E-state index in [4.69, 9.17) is 4.74 Å². The van der Waals surface area contributed by atoms with Crippen molar-refractivity contribution in [3.8, 4) is 0 Å². The Morgan fingerprint density at radius 3 is 2.67 bits per heavy atom. The summed E-state index contributed by atoms with van der Waals surface area (Å²) in [6.07, 6.45) is 6.43. The molecule has 0 N–H and O–H groups in total. The van der Waals surface area contributed by atoms with E-state index in [0.29, 0.717) is 0 Å². The molecule has 2 rings (SSSR count). The van der Waals surface area contributed by atoms with Gasteiger partial charge in [0.05, 0.1) is 6.61 Å². The summed E-state index contributed by atoms with van der Waals surface area (Å²) in [5, 5.41) is 0. The minimum atomic E-state index is 0.788. The first kappa shape index (κ1) is 11.2. The first-order valence-electron chi connectivity index (χ1n) is 6.21. The fourth-order valence-electron chi connectivity index (χ4n) is 2.17. The molecule has 15 heavy (non-hydrogen) atoms. The Morgan fingerprint density at radius 1 is 1.33 bits per heavy atom. The van der Waals surface area contributed by atoms with Crippen LogP contribution in [0.2, 0.25) is 0 Å². The number of nitrogens with zero attached hydrogens (tertiary/aromatic N) is 1. The highest BCUT2D eigenvalue weighted by Crippen LogP contribution is 2.28. The number of rotatable bonds is 5. The first-order chi connectivity index (χ1) is 7.25. The van der Waals surface area contributed by atoms with Crippen LogP contribution in [-0.2, 0) is 4.74 Å². The number of ether oxygens (including phenoxy) is 1. The molecule has 0 amide bonds. The van der Waals surface area contributed by atoms with Crippen molar-refractivity contribution in [2.75, 3.05) is 26.3 Å². The summed E-state index contributed by atoms with van der Waals surface area (Å²) >= 11 is 0. The van der Waals surface area contributed by atoms with Gasteiger partial charge in [-0.1, -0.05) is 11.6 Å². The van der Waals surface area contributed by atoms with Crippen LogP contribution in [-0.4, -0.2) is 37.2 Å². The molecule has 0 aromatic heterocycles. The molecule has 0 spiro atoms. The van der Waals surface area contributed by atoms with E-state index in [1.807, 2.05) is 0 Å². The van der Waals surface area contributed by atoms with Crippen LogP contribution < -0.4 is 0 Å². The second kappa shape index (κ2) is 5.13. The second-order valence-electron chi connectivity index (χ2n) is 5.20. The molecular weight excluding hydrogens is 186 g/mol. The highest BCUT2D eigenvalue weighted by Gasteiger charge is 2.30. The van der Waals surface area contributed by atoms with Crippen molar-refractivity contribution in [2.45, 2.75) is 39.2 Å². The third kappa shape index (κ3) is 3.62. The molecule has 0 aromatic rings. The quantitative estimate of drug-likeness (QED) is 0.645. The summed E-state index contributed by atoms with van der Waals surface area (Å²) in [4.78, 5) is 2.65. The van der Waals surface area contributed by atoms with E-state index in [0.717, 1.165) is 31.7 Å². The zero-order valence-electron chi connectivity index (χ0n) is 10.0. The number of hydrogen-bond donors (Lipinski definition) is 0. The molecule has 2 aliphatic rings. The molecule has 0 unspecified atom stereocenters. The van der Waals surface area contributed by atoms with Gasteiger partial charge in [0.1, 0.15) is 0 Å². The van der Waals surface area contributed by atoms with E-state index >= 15 is 0 Å². The van der Waals surface area contributed by atoms with Crippen LogP contribution in [0.5, 0.6) is 0 Å². The summed E-state index contributed by atoms with van der Waals surface area (Å²) in [5.41, 5.74) is 1.43. The number of allylic oxidation sites excluding steroid dienone is 1. The zero-order chi connectivity index (χ0) is 10.7.